The summed E-state index contributed by atoms with van der Waals surface area (Å²) in [7, 11) is 4.03. The molecule has 3 nitrogen and oxygen atoms in total. The fourth-order valence-electron chi connectivity index (χ4n) is 1.91. The molecule has 0 bridgehead atoms. The van der Waals surface area contributed by atoms with Gasteiger partial charge in [0.25, 0.3) is 0 Å². The topological polar surface area (TPSA) is 39.3 Å². The number of aromatic amines is 1. The largest absolute Gasteiger partial charge is 0.388 e. The minimum atomic E-state index is -0.390. The number of nitrogens with zero attached hydrogens (tertiary/aromatic N) is 1. The molecule has 1 heterocycles. The number of nitrogens with one attached hydrogen (secondary N) is 1. The molecule has 0 aliphatic rings. The highest BCUT2D eigenvalue weighted by Crippen LogP contribution is 2.25. The first-order valence-electron chi connectivity index (χ1n) is 5.57. The van der Waals surface area contributed by atoms with E-state index in [1.54, 1.807) is 0 Å². The van der Waals surface area contributed by atoms with Crippen molar-refractivity contribution in [2.75, 3.05) is 20.6 Å². The maximum atomic E-state index is 10.1. The molecule has 0 amide bonds. The maximum Gasteiger partial charge on any atom is 0.0822 e. The second kappa shape index (κ2) is 4.68. The Labute approximate surface area is 95.7 Å². The molecule has 0 saturated heterocycles. The molecule has 2 aromatic rings. The number of aliphatic hydroxyl groups excluding tert-OH is 1. The Balaban J connectivity index is 2.19. The Morgan fingerprint density at radius 2 is 2.06 bits per heavy atom. The van der Waals surface area contributed by atoms with Gasteiger partial charge in [-0.1, -0.05) is 18.2 Å². The molecule has 0 saturated carbocycles. The minimum Gasteiger partial charge on any atom is -0.388 e. The van der Waals surface area contributed by atoms with Gasteiger partial charge in [-0.3, -0.25) is 0 Å². The normalized spacial score (nSPS) is 13.5. The standard InChI is InChI=1S/C13H18N2O/c1-15(2)8-7-13(16)11-9-14-12-6-4-3-5-10(11)12/h3-6,9,13-14,16H,7-8H2,1-2H3. The van der Waals surface area contributed by atoms with Crippen molar-refractivity contribution in [3.8, 4) is 0 Å². The molecule has 0 fully saturated rings. The zero-order valence-electron chi connectivity index (χ0n) is 9.77. The van der Waals surface area contributed by atoms with Crippen LogP contribution in [0.1, 0.15) is 18.1 Å². The molecule has 1 aromatic carbocycles. The van der Waals surface area contributed by atoms with Crippen molar-refractivity contribution < 1.29 is 5.11 Å². The van der Waals surface area contributed by atoms with Crippen LogP contribution in [0.4, 0.5) is 0 Å². The van der Waals surface area contributed by atoms with Gasteiger partial charge in [0.2, 0.25) is 0 Å². The second-order valence-corrected chi connectivity index (χ2v) is 4.40. The zero-order valence-corrected chi connectivity index (χ0v) is 9.77. The minimum absolute atomic E-state index is 0.390. The molecule has 2 N–H and O–H groups in total. The number of aromatic nitrogens is 1. The average Bonchev–Trinajstić information content (AvgIpc) is 2.69. The molecular formula is C13H18N2O. The zero-order chi connectivity index (χ0) is 11.5. The van der Waals surface area contributed by atoms with Crippen molar-refractivity contribution in [3.63, 3.8) is 0 Å². The molecule has 0 aliphatic heterocycles. The van der Waals surface area contributed by atoms with E-state index in [9.17, 15) is 5.11 Å². The van der Waals surface area contributed by atoms with E-state index < -0.39 is 6.10 Å². The summed E-state index contributed by atoms with van der Waals surface area (Å²) in [6.45, 7) is 0.890. The van der Waals surface area contributed by atoms with Gasteiger partial charge in [0.05, 0.1) is 6.10 Å². The summed E-state index contributed by atoms with van der Waals surface area (Å²) < 4.78 is 0. The highest BCUT2D eigenvalue weighted by molar-refractivity contribution is 5.83. The third-order valence-corrected chi connectivity index (χ3v) is 2.83. The summed E-state index contributed by atoms with van der Waals surface area (Å²) in [6.07, 6.45) is 2.28. The van der Waals surface area contributed by atoms with Crippen LogP contribution in [0.25, 0.3) is 10.9 Å². The van der Waals surface area contributed by atoms with E-state index in [1.807, 2.05) is 44.6 Å². The molecule has 86 valence electrons. The summed E-state index contributed by atoms with van der Waals surface area (Å²) in [5, 5.41) is 11.2. The number of hydrogen-bond acceptors (Lipinski definition) is 2. The van der Waals surface area contributed by atoms with Gasteiger partial charge < -0.3 is 15.0 Å². The number of fused-ring (bicyclic) bond motifs is 1. The van der Waals surface area contributed by atoms with E-state index in [-0.39, 0.29) is 0 Å². The lowest BCUT2D eigenvalue weighted by molar-refractivity contribution is 0.155. The number of para-hydroxylation sites is 1. The number of hydrogen-bond donors (Lipinski definition) is 2. The van der Waals surface area contributed by atoms with Gasteiger partial charge >= 0.3 is 0 Å². The van der Waals surface area contributed by atoms with Crippen molar-refractivity contribution in [2.45, 2.75) is 12.5 Å². The molecule has 3 heteroatoms. The van der Waals surface area contributed by atoms with Crippen LogP contribution in [0.3, 0.4) is 0 Å². The second-order valence-electron chi connectivity index (χ2n) is 4.40. The van der Waals surface area contributed by atoms with E-state index >= 15 is 0 Å². The van der Waals surface area contributed by atoms with Crippen LogP contribution in [0.2, 0.25) is 0 Å². The first-order valence-corrected chi connectivity index (χ1v) is 5.57. The Hall–Kier alpha value is -1.32. The number of rotatable bonds is 4. The summed E-state index contributed by atoms with van der Waals surface area (Å²) >= 11 is 0. The summed E-state index contributed by atoms with van der Waals surface area (Å²) in [6, 6.07) is 8.06. The summed E-state index contributed by atoms with van der Waals surface area (Å²) in [5.74, 6) is 0. The van der Waals surface area contributed by atoms with Crippen molar-refractivity contribution in [3.05, 3.63) is 36.0 Å². The van der Waals surface area contributed by atoms with Crippen molar-refractivity contribution in [1.29, 1.82) is 0 Å². The lowest BCUT2D eigenvalue weighted by atomic mass is 10.1. The molecule has 1 atom stereocenters. The van der Waals surface area contributed by atoms with Gasteiger partial charge in [0, 0.05) is 29.2 Å². The maximum absolute atomic E-state index is 10.1. The molecule has 1 unspecified atom stereocenters. The van der Waals surface area contributed by atoms with Gasteiger partial charge in [-0.25, -0.2) is 0 Å². The predicted molar refractivity (Wildman–Crippen MR) is 66.4 cm³/mol. The number of benzene rings is 1. The van der Waals surface area contributed by atoms with E-state index in [0.717, 1.165) is 29.4 Å². The molecular weight excluding hydrogens is 200 g/mol. The monoisotopic (exact) mass is 218 g/mol. The Bertz CT molecular complexity index is 462. The third-order valence-electron chi connectivity index (χ3n) is 2.83. The lowest BCUT2D eigenvalue weighted by Crippen LogP contribution is -2.15. The number of aliphatic hydroxyl groups is 1. The van der Waals surface area contributed by atoms with Gasteiger partial charge in [0.15, 0.2) is 0 Å². The van der Waals surface area contributed by atoms with E-state index in [1.165, 1.54) is 0 Å². The van der Waals surface area contributed by atoms with Crippen LogP contribution < -0.4 is 0 Å². The predicted octanol–water partition coefficient (Wildman–Crippen LogP) is 2.15. The van der Waals surface area contributed by atoms with Crippen LogP contribution in [0.15, 0.2) is 30.5 Å². The number of H-pyrrole nitrogens is 1. The van der Waals surface area contributed by atoms with E-state index in [0.29, 0.717) is 0 Å². The molecule has 0 radical (unpaired) electrons. The summed E-state index contributed by atoms with van der Waals surface area (Å²) in [5.41, 5.74) is 2.08. The van der Waals surface area contributed by atoms with Crippen molar-refractivity contribution in [2.24, 2.45) is 0 Å². The van der Waals surface area contributed by atoms with Gasteiger partial charge in [0.1, 0.15) is 0 Å². The molecule has 16 heavy (non-hydrogen) atoms. The van der Waals surface area contributed by atoms with Crippen LogP contribution in [0, 0.1) is 0 Å². The Morgan fingerprint density at radius 3 is 2.81 bits per heavy atom. The lowest BCUT2D eigenvalue weighted by Gasteiger charge is -2.13. The van der Waals surface area contributed by atoms with Crippen LogP contribution in [-0.2, 0) is 0 Å². The van der Waals surface area contributed by atoms with Gasteiger partial charge in [-0.15, -0.1) is 0 Å². The molecule has 0 aliphatic carbocycles. The van der Waals surface area contributed by atoms with E-state index in [2.05, 4.69) is 9.88 Å². The van der Waals surface area contributed by atoms with E-state index in [4.69, 9.17) is 0 Å². The van der Waals surface area contributed by atoms with Crippen molar-refractivity contribution >= 4 is 10.9 Å². The highest BCUT2D eigenvalue weighted by Gasteiger charge is 2.12. The third kappa shape index (κ3) is 2.26. The first kappa shape index (κ1) is 11.2. The quantitative estimate of drug-likeness (QED) is 0.825. The van der Waals surface area contributed by atoms with Crippen LogP contribution in [0.5, 0.6) is 0 Å². The SMILES string of the molecule is CN(C)CCC(O)c1c[nH]c2ccccc12. The Kier molecular flexibility index (Phi) is 3.27. The van der Waals surface area contributed by atoms with Crippen LogP contribution >= 0.6 is 0 Å². The average molecular weight is 218 g/mol. The van der Waals surface area contributed by atoms with Gasteiger partial charge in [-0.2, -0.15) is 0 Å². The molecule has 2 rings (SSSR count). The Morgan fingerprint density at radius 1 is 1.31 bits per heavy atom. The van der Waals surface area contributed by atoms with Crippen LogP contribution in [-0.4, -0.2) is 35.6 Å². The highest BCUT2D eigenvalue weighted by atomic mass is 16.3. The molecule has 1 aromatic heterocycles. The summed E-state index contributed by atoms with van der Waals surface area (Å²) in [4.78, 5) is 5.26. The molecule has 0 spiro atoms. The smallest absolute Gasteiger partial charge is 0.0822 e. The van der Waals surface area contributed by atoms with Gasteiger partial charge in [-0.05, 0) is 26.6 Å². The fraction of sp³-hybridized carbons (Fsp3) is 0.385. The first-order chi connectivity index (χ1) is 7.68. The fourth-order valence-corrected chi connectivity index (χ4v) is 1.91. The van der Waals surface area contributed by atoms with Crippen molar-refractivity contribution in [1.82, 2.24) is 9.88 Å².